The topological polar surface area (TPSA) is 17.1 Å². The number of carbonyl (C=O) groups excluding carboxylic acids is 1. The van der Waals surface area contributed by atoms with Gasteiger partial charge in [-0.25, -0.2) is 0 Å². The molecular weight excluding hydrogens is 228 g/mol. The Morgan fingerprint density at radius 3 is 2.29 bits per heavy atom. The monoisotopic (exact) mass is 244 g/mol. The molecule has 1 aromatic carbocycles. The fourth-order valence-corrected chi connectivity index (χ4v) is 2.66. The summed E-state index contributed by atoms with van der Waals surface area (Å²) in [5.74, 6) is 0.203. The zero-order valence-corrected chi connectivity index (χ0v) is 11.0. The minimum Gasteiger partial charge on any atom is -0.294 e. The average Bonchev–Trinajstić information content (AvgIpc) is 2.77. The molecule has 0 N–H and O–H groups in total. The highest BCUT2D eigenvalue weighted by molar-refractivity contribution is 7.12. The van der Waals surface area contributed by atoms with E-state index >= 15 is 0 Å². The highest BCUT2D eigenvalue weighted by atomic mass is 32.1. The van der Waals surface area contributed by atoms with Crippen molar-refractivity contribution in [3.63, 3.8) is 0 Å². The van der Waals surface area contributed by atoms with Gasteiger partial charge in [0.25, 0.3) is 0 Å². The van der Waals surface area contributed by atoms with Crippen molar-refractivity contribution in [2.24, 2.45) is 0 Å². The maximum atomic E-state index is 12.0. The first kappa shape index (κ1) is 12.1. The first-order valence-electron chi connectivity index (χ1n) is 5.86. The molecule has 0 atom stereocenters. The van der Waals surface area contributed by atoms with E-state index < -0.39 is 0 Å². The summed E-state index contributed by atoms with van der Waals surface area (Å²) in [5, 5.41) is 0. The molecule has 0 spiro atoms. The maximum absolute atomic E-state index is 12.0. The van der Waals surface area contributed by atoms with Crippen LogP contribution < -0.4 is 0 Å². The van der Waals surface area contributed by atoms with Crippen LogP contribution in [0.4, 0.5) is 0 Å². The summed E-state index contributed by atoms with van der Waals surface area (Å²) < 4.78 is 0. The van der Waals surface area contributed by atoms with E-state index in [0.29, 0.717) is 6.42 Å². The second kappa shape index (κ2) is 5.28. The smallest absolute Gasteiger partial charge is 0.168 e. The maximum Gasteiger partial charge on any atom is 0.168 e. The van der Waals surface area contributed by atoms with Crippen molar-refractivity contribution in [3.8, 4) is 0 Å². The zero-order valence-electron chi connectivity index (χ0n) is 10.2. The molecule has 0 saturated heterocycles. The lowest BCUT2D eigenvalue weighted by atomic mass is 10.1. The molecule has 88 valence electrons. The Balaban J connectivity index is 2.08. The van der Waals surface area contributed by atoms with Gasteiger partial charge in [0.05, 0.1) is 0 Å². The number of rotatable bonds is 4. The SMILES string of the molecule is CCc1ccc(CC(=O)c2ccc(C)cc2)s1. The van der Waals surface area contributed by atoms with Crippen molar-refractivity contribution in [1.82, 2.24) is 0 Å². The molecule has 0 aliphatic carbocycles. The normalized spacial score (nSPS) is 10.5. The lowest BCUT2D eigenvalue weighted by Gasteiger charge is -1.99. The highest BCUT2D eigenvalue weighted by Crippen LogP contribution is 2.19. The number of thiophene rings is 1. The molecule has 0 amide bonds. The van der Waals surface area contributed by atoms with Gasteiger partial charge in [-0.05, 0) is 25.5 Å². The van der Waals surface area contributed by atoms with Crippen molar-refractivity contribution in [2.45, 2.75) is 26.7 Å². The Hall–Kier alpha value is -1.41. The summed E-state index contributed by atoms with van der Waals surface area (Å²) in [6.45, 7) is 4.17. The Bertz CT molecular complexity index is 508. The molecule has 1 aromatic heterocycles. The molecule has 0 saturated carbocycles. The molecule has 0 aliphatic rings. The number of Topliss-reactive ketones (excluding diaryl/α,β-unsaturated/α-hetero) is 1. The average molecular weight is 244 g/mol. The fraction of sp³-hybridized carbons (Fsp3) is 0.267. The molecule has 1 heterocycles. The van der Waals surface area contributed by atoms with Crippen molar-refractivity contribution in [3.05, 3.63) is 57.3 Å². The van der Waals surface area contributed by atoms with E-state index in [9.17, 15) is 4.79 Å². The summed E-state index contributed by atoms with van der Waals surface area (Å²) in [5.41, 5.74) is 1.99. The van der Waals surface area contributed by atoms with E-state index in [1.165, 1.54) is 10.4 Å². The molecule has 1 nitrogen and oxygen atoms in total. The van der Waals surface area contributed by atoms with Gasteiger partial charge in [0.1, 0.15) is 0 Å². The van der Waals surface area contributed by atoms with Gasteiger partial charge < -0.3 is 0 Å². The van der Waals surface area contributed by atoms with Gasteiger partial charge in [-0.1, -0.05) is 36.8 Å². The standard InChI is InChI=1S/C15H16OS/c1-3-13-8-9-14(17-13)10-15(16)12-6-4-11(2)5-7-12/h4-9H,3,10H2,1-2H3. The summed E-state index contributed by atoms with van der Waals surface area (Å²) in [6, 6.07) is 12.0. The van der Waals surface area contributed by atoms with Crippen molar-refractivity contribution in [1.29, 1.82) is 0 Å². The van der Waals surface area contributed by atoms with Crippen LogP contribution in [0.25, 0.3) is 0 Å². The second-order valence-electron chi connectivity index (χ2n) is 4.19. The van der Waals surface area contributed by atoms with E-state index in [-0.39, 0.29) is 5.78 Å². The van der Waals surface area contributed by atoms with Crippen molar-refractivity contribution < 1.29 is 4.79 Å². The number of hydrogen-bond acceptors (Lipinski definition) is 2. The van der Waals surface area contributed by atoms with Crippen LogP contribution in [0.3, 0.4) is 0 Å². The molecule has 0 radical (unpaired) electrons. The molecule has 0 unspecified atom stereocenters. The molecule has 2 aromatic rings. The van der Waals surface area contributed by atoms with Crippen LogP contribution in [0.2, 0.25) is 0 Å². The van der Waals surface area contributed by atoms with Gasteiger partial charge in [-0.15, -0.1) is 11.3 Å². The van der Waals surface area contributed by atoms with Crippen molar-refractivity contribution in [2.75, 3.05) is 0 Å². The first-order valence-corrected chi connectivity index (χ1v) is 6.68. The van der Waals surface area contributed by atoms with Gasteiger partial charge in [0, 0.05) is 21.7 Å². The number of ketones is 1. The first-order chi connectivity index (χ1) is 8.19. The molecule has 2 heteroatoms. The molecule has 0 fully saturated rings. The zero-order chi connectivity index (χ0) is 12.3. The van der Waals surface area contributed by atoms with E-state index in [1.807, 2.05) is 31.2 Å². The van der Waals surface area contributed by atoms with Crippen LogP contribution in [0, 0.1) is 6.92 Å². The van der Waals surface area contributed by atoms with Gasteiger partial charge in [-0.3, -0.25) is 4.79 Å². The molecule has 0 aliphatic heterocycles. The van der Waals surface area contributed by atoms with Gasteiger partial charge in [0.15, 0.2) is 5.78 Å². The van der Waals surface area contributed by atoms with Gasteiger partial charge in [0.2, 0.25) is 0 Å². The van der Waals surface area contributed by atoms with E-state index in [1.54, 1.807) is 11.3 Å². The largest absolute Gasteiger partial charge is 0.294 e. The van der Waals surface area contributed by atoms with Crippen LogP contribution in [0.15, 0.2) is 36.4 Å². The number of carbonyl (C=O) groups is 1. The number of benzene rings is 1. The number of hydrogen-bond donors (Lipinski definition) is 0. The van der Waals surface area contributed by atoms with E-state index in [2.05, 4.69) is 19.1 Å². The quantitative estimate of drug-likeness (QED) is 0.742. The second-order valence-corrected chi connectivity index (χ2v) is 5.44. The third-order valence-electron chi connectivity index (χ3n) is 2.77. The molecular formula is C15H16OS. The van der Waals surface area contributed by atoms with Gasteiger partial charge >= 0.3 is 0 Å². The third-order valence-corrected chi connectivity index (χ3v) is 4.00. The lowest BCUT2D eigenvalue weighted by Crippen LogP contribution is -2.01. The third kappa shape index (κ3) is 3.04. The molecule has 0 bridgehead atoms. The lowest BCUT2D eigenvalue weighted by molar-refractivity contribution is 0.0994. The van der Waals surface area contributed by atoms with Crippen LogP contribution in [-0.4, -0.2) is 5.78 Å². The Morgan fingerprint density at radius 2 is 1.71 bits per heavy atom. The number of aryl methyl sites for hydroxylation is 2. The summed E-state index contributed by atoms with van der Waals surface area (Å²) in [7, 11) is 0. The fourth-order valence-electron chi connectivity index (χ4n) is 1.71. The van der Waals surface area contributed by atoms with E-state index in [4.69, 9.17) is 0 Å². The Labute approximate surface area is 106 Å². The van der Waals surface area contributed by atoms with Crippen molar-refractivity contribution >= 4 is 17.1 Å². The molecule has 2 rings (SSSR count). The Morgan fingerprint density at radius 1 is 1.06 bits per heavy atom. The predicted molar refractivity (Wildman–Crippen MR) is 72.9 cm³/mol. The van der Waals surface area contributed by atoms with Gasteiger partial charge in [-0.2, -0.15) is 0 Å². The Kier molecular flexibility index (Phi) is 3.75. The van der Waals surface area contributed by atoms with E-state index in [0.717, 1.165) is 16.9 Å². The van der Waals surface area contributed by atoms with Crippen LogP contribution in [0.1, 0.15) is 32.6 Å². The minimum absolute atomic E-state index is 0.203. The minimum atomic E-state index is 0.203. The summed E-state index contributed by atoms with van der Waals surface area (Å²) >= 11 is 1.74. The highest BCUT2D eigenvalue weighted by Gasteiger charge is 2.08. The van der Waals surface area contributed by atoms with Crippen LogP contribution >= 0.6 is 11.3 Å². The summed E-state index contributed by atoms with van der Waals surface area (Å²) in [6.07, 6.45) is 1.57. The predicted octanol–water partition coefficient (Wildman–Crippen LogP) is 4.04. The summed E-state index contributed by atoms with van der Waals surface area (Å²) in [4.78, 5) is 14.5. The van der Waals surface area contributed by atoms with Crippen LogP contribution in [-0.2, 0) is 12.8 Å². The molecule has 17 heavy (non-hydrogen) atoms. The van der Waals surface area contributed by atoms with Crippen LogP contribution in [0.5, 0.6) is 0 Å².